The molecule has 0 N–H and O–H groups in total. The summed E-state index contributed by atoms with van der Waals surface area (Å²) >= 11 is 0. The van der Waals surface area contributed by atoms with Gasteiger partial charge in [0.25, 0.3) is 0 Å². The van der Waals surface area contributed by atoms with E-state index in [2.05, 4.69) is 0 Å². The van der Waals surface area contributed by atoms with Crippen molar-refractivity contribution in [2.45, 2.75) is 45.6 Å². The predicted molar refractivity (Wildman–Crippen MR) is 128 cm³/mol. The van der Waals surface area contributed by atoms with Gasteiger partial charge in [0.1, 0.15) is 17.1 Å². The smallest absolute Gasteiger partial charge is 0.311 e. The average Bonchev–Trinajstić information content (AvgIpc) is 2.79. The number of allylic oxidation sites excluding steroid dienone is 1. The summed E-state index contributed by atoms with van der Waals surface area (Å²) in [5, 5.41) is 0. The summed E-state index contributed by atoms with van der Waals surface area (Å²) in [6.45, 7) is 5.87. The Kier molecular flexibility index (Phi) is 7.59. The van der Waals surface area contributed by atoms with Gasteiger partial charge >= 0.3 is 5.97 Å². The molecular weight excluding hydrogens is 420 g/mol. The predicted octanol–water partition coefficient (Wildman–Crippen LogP) is 5.88. The number of methoxy groups -OCH3 is 2. The minimum absolute atomic E-state index is 0.211. The van der Waals surface area contributed by atoms with E-state index in [0.29, 0.717) is 40.5 Å². The van der Waals surface area contributed by atoms with Gasteiger partial charge in [-0.1, -0.05) is 25.5 Å². The molecule has 0 saturated carbocycles. The highest BCUT2D eigenvalue weighted by atomic mass is 16.6. The highest BCUT2D eigenvalue weighted by Gasteiger charge is 2.27. The standard InChI is InChI=1S/C27H30O6/c1-6-7-8-25(29)32-24-17-18(10-13-23(24)31-5)9-12-21(28)19-11-14-22(30-4)20-15-16-27(2,3)33-26(19)20/h9-17H,6-8H2,1-5H3/b12-9+. The molecule has 6 nitrogen and oxygen atoms in total. The van der Waals surface area contributed by atoms with Crippen LogP contribution in [0.4, 0.5) is 0 Å². The van der Waals surface area contributed by atoms with E-state index in [4.69, 9.17) is 18.9 Å². The van der Waals surface area contributed by atoms with Crippen molar-refractivity contribution in [1.82, 2.24) is 0 Å². The van der Waals surface area contributed by atoms with Crippen molar-refractivity contribution < 1.29 is 28.5 Å². The van der Waals surface area contributed by atoms with Crippen LogP contribution in [0.5, 0.6) is 23.0 Å². The van der Waals surface area contributed by atoms with Crippen LogP contribution in [0.3, 0.4) is 0 Å². The summed E-state index contributed by atoms with van der Waals surface area (Å²) in [5.74, 6) is 1.39. The number of carbonyl (C=O) groups is 2. The fourth-order valence-corrected chi connectivity index (χ4v) is 3.44. The molecule has 2 aromatic rings. The van der Waals surface area contributed by atoms with Crippen LogP contribution in [-0.4, -0.2) is 31.6 Å². The molecule has 0 aliphatic carbocycles. The first kappa shape index (κ1) is 24.1. The van der Waals surface area contributed by atoms with Crippen LogP contribution in [0.1, 0.15) is 61.5 Å². The number of esters is 1. The fraction of sp³-hybridized carbons (Fsp3) is 0.333. The van der Waals surface area contributed by atoms with Gasteiger partial charge in [0.2, 0.25) is 0 Å². The zero-order valence-electron chi connectivity index (χ0n) is 19.8. The van der Waals surface area contributed by atoms with E-state index in [-0.39, 0.29) is 11.8 Å². The molecule has 1 heterocycles. The van der Waals surface area contributed by atoms with E-state index < -0.39 is 5.60 Å². The highest BCUT2D eigenvalue weighted by Crippen LogP contribution is 2.40. The lowest BCUT2D eigenvalue weighted by atomic mass is 9.97. The normalized spacial score (nSPS) is 13.8. The average molecular weight is 451 g/mol. The van der Waals surface area contributed by atoms with Crippen LogP contribution in [0.25, 0.3) is 12.2 Å². The largest absolute Gasteiger partial charge is 0.496 e. The second kappa shape index (κ2) is 10.4. The SMILES string of the molecule is CCCCC(=O)Oc1cc(/C=C/C(=O)c2ccc(OC)c3c2OC(C)(C)C=C3)ccc1OC. The lowest BCUT2D eigenvalue weighted by Crippen LogP contribution is -2.28. The second-order valence-corrected chi connectivity index (χ2v) is 8.28. The quantitative estimate of drug-likeness (QED) is 0.206. The molecule has 174 valence electrons. The molecule has 0 spiro atoms. The third-order valence-electron chi connectivity index (χ3n) is 5.23. The number of ketones is 1. The molecule has 0 fully saturated rings. The van der Waals surface area contributed by atoms with E-state index in [9.17, 15) is 9.59 Å². The van der Waals surface area contributed by atoms with Gasteiger partial charge in [0.15, 0.2) is 17.3 Å². The summed E-state index contributed by atoms with van der Waals surface area (Å²) in [6, 6.07) is 8.64. The van der Waals surface area contributed by atoms with E-state index in [1.165, 1.54) is 13.2 Å². The molecule has 1 aliphatic rings. The third kappa shape index (κ3) is 5.83. The number of unbranched alkanes of at least 4 members (excludes halogenated alkanes) is 1. The lowest BCUT2D eigenvalue weighted by Gasteiger charge is -2.29. The van der Waals surface area contributed by atoms with Crippen molar-refractivity contribution in [3.05, 3.63) is 59.2 Å². The van der Waals surface area contributed by atoms with Gasteiger partial charge < -0.3 is 18.9 Å². The molecule has 0 saturated heterocycles. The third-order valence-corrected chi connectivity index (χ3v) is 5.23. The molecule has 3 rings (SSSR count). The van der Waals surface area contributed by atoms with Crippen LogP contribution < -0.4 is 18.9 Å². The Morgan fingerprint density at radius 2 is 1.76 bits per heavy atom. The summed E-state index contributed by atoms with van der Waals surface area (Å²) in [5.41, 5.74) is 1.34. The van der Waals surface area contributed by atoms with E-state index in [1.54, 1.807) is 43.5 Å². The van der Waals surface area contributed by atoms with Gasteiger partial charge in [0.05, 0.1) is 25.3 Å². The fourth-order valence-electron chi connectivity index (χ4n) is 3.44. The maximum atomic E-state index is 13.1. The minimum atomic E-state index is -0.537. The number of hydrogen-bond acceptors (Lipinski definition) is 6. The van der Waals surface area contributed by atoms with Gasteiger partial charge in [0, 0.05) is 6.42 Å². The topological polar surface area (TPSA) is 71.1 Å². The number of ether oxygens (including phenoxy) is 4. The first-order valence-electron chi connectivity index (χ1n) is 11.0. The minimum Gasteiger partial charge on any atom is -0.496 e. The molecule has 0 bridgehead atoms. The zero-order chi connectivity index (χ0) is 24.0. The van der Waals surface area contributed by atoms with E-state index in [0.717, 1.165) is 18.4 Å². The van der Waals surface area contributed by atoms with Crippen LogP contribution in [-0.2, 0) is 4.79 Å². The van der Waals surface area contributed by atoms with Crippen LogP contribution in [0, 0.1) is 0 Å². The molecule has 1 aliphatic heterocycles. The molecule has 2 aromatic carbocycles. The summed E-state index contributed by atoms with van der Waals surface area (Å²) < 4.78 is 22.3. The zero-order valence-corrected chi connectivity index (χ0v) is 19.8. The first-order chi connectivity index (χ1) is 15.8. The molecule has 33 heavy (non-hydrogen) atoms. The van der Waals surface area contributed by atoms with Crippen molar-refractivity contribution in [2.24, 2.45) is 0 Å². The van der Waals surface area contributed by atoms with E-state index >= 15 is 0 Å². The van der Waals surface area contributed by atoms with Crippen LogP contribution in [0.2, 0.25) is 0 Å². The molecule has 0 radical (unpaired) electrons. The molecule has 6 heteroatoms. The van der Waals surface area contributed by atoms with Gasteiger partial charge in [-0.25, -0.2) is 0 Å². The summed E-state index contributed by atoms with van der Waals surface area (Å²) in [6.07, 6.45) is 9.00. The Labute approximate surface area is 194 Å². The number of hydrogen-bond donors (Lipinski definition) is 0. The number of benzene rings is 2. The number of fused-ring (bicyclic) bond motifs is 1. The van der Waals surface area contributed by atoms with E-state index in [1.807, 2.05) is 32.9 Å². The molecule has 0 unspecified atom stereocenters. The molecule has 0 amide bonds. The van der Waals surface area contributed by atoms with Gasteiger partial charge in [-0.2, -0.15) is 0 Å². The van der Waals surface area contributed by atoms with Gasteiger partial charge in [-0.3, -0.25) is 9.59 Å². The Morgan fingerprint density at radius 3 is 2.45 bits per heavy atom. The maximum absolute atomic E-state index is 13.1. The van der Waals surface area contributed by atoms with Crippen molar-refractivity contribution >= 4 is 23.9 Å². The number of rotatable bonds is 9. The molecule has 0 atom stereocenters. The monoisotopic (exact) mass is 450 g/mol. The van der Waals surface area contributed by atoms with Gasteiger partial charge in [-0.15, -0.1) is 0 Å². The Balaban J connectivity index is 1.86. The second-order valence-electron chi connectivity index (χ2n) is 8.28. The van der Waals surface area contributed by atoms with Crippen molar-refractivity contribution in [1.29, 1.82) is 0 Å². The summed E-state index contributed by atoms with van der Waals surface area (Å²) in [4.78, 5) is 25.1. The Morgan fingerprint density at radius 1 is 1.03 bits per heavy atom. The lowest BCUT2D eigenvalue weighted by molar-refractivity contribution is -0.134. The van der Waals surface area contributed by atoms with Crippen molar-refractivity contribution in [3.63, 3.8) is 0 Å². The number of carbonyl (C=O) groups excluding carboxylic acids is 2. The van der Waals surface area contributed by atoms with Crippen molar-refractivity contribution in [2.75, 3.05) is 14.2 Å². The van der Waals surface area contributed by atoms with Crippen LogP contribution >= 0.6 is 0 Å². The molecular formula is C27H30O6. The first-order valence-corrected chi connectivity index (χ1v) is 11.0. The molecule has 0 aromatic heterocycles. The van der Waals surface area contributed by atoms with Gasteiger partial charge in [-0.05, 0) is 68.3 Å². The summed E-state index contributed by atoms with van der Waals surface area (Å²) in [7, 11) is 3.10. The Bertz CT molecular complexity index is 1090. The highest BCUT2D eigenvalue weighted by molar-refractivity contribution is 6.09. The van der Waals surface area contributed by atoms with Crippen LogP contribution in [0.15, 0.2) is 42.5 Å². The van der Waals surface area contributed by atoms with Crippen molar-refractivity contribution in [3.8, 4) is 23.0 Å². The Hall–Kier alpha value is -3.54. The maximum Gasteiger partial charge on any atom is 0.311 e.